The maximum atomic E-state index is 13.1. The topological polar surface area (TPSA) is 66.5 Å². The van der Waals surface area contributed by atoms with Gasteiger partial charge in [0.05, 0.1) is 10.3 Å². The predicted molar refractivity (Wildman–Crippen MR) is 110 cm³/mol. The summed E-state index contributed by atoms with van der Waals surface area (Å²) in [6.45, 7) is 6.81. The zero-order chi connectivity index (χ0) is 20.4. The highest BCUT2D eigenvalue weighted by Crippen LogP contribution is 2.33. The fourth-order valence-corrected chi connectivity index (χ4v) is 5.29. The SMILES string of the molecule is Cc1ccc(S(=O)(=O)N2CCCC(C)(C(=O)NCc3ccccc3)C2)cc1C. The van der Waals surface area contributed by atoms with Crippen molar-refractivity contribution in [1.82, 2.24) is 9.62 Å². The average Bonchev–Trinajstić information content (AvgIpc) is 2.69. The molecule has 0 aliphatic carbocycles. The lowest BCUT2D eigenvalue weighted by molar-refractivity contribution is -0.132. The molecule has 0 saturated carbocycles. The highest BCUT2D eigenvalue weighted by Gasteiger charge is 2.41. The summed E-state index contributed by atoms with van der Waals surface area (Å²) in [5.41, 5.74) is 2.29. The van der Waals surface area contributed by atoms with Crippen molar-refractivity contribution in [2.24, 2.45) is 5.41 Å². The molecule has 1 saturated heterocycles. The number of rotatable bonds is 5. The number of benzene rings is 2. The number of carbonyl (C=O) groups excluding carboxylic acids is 1. The van der Waals surface area contributed by atoms with Crippen LogP contribution in [0.1, 0.15) is 36.5 Å². The Balaban J connectivity index is 1.74. The van der Waals surface area contributed by atoms with Crippen LogP contribution in [0.15, 0.2) is 53.4 Å². The molecular weight excluding hydrogens is 372 g/mol. The van der Waals surface area contributed by atoms with Crippen LogP contribution in [0.4, 0.5) is 0 Å². The molecule has 6 heteroatoms. The second-order valence-electron chi connectivity index (χ2n) is 7.92. The minimum atomic E-state index is -3.62. The molecule has 1 aliphatic rings. The van der Waals surface area contributed by atoms with Crippen LogP contribution in [0.3, 0.4) is 0 Å². The molecule has 1 amide bonds. The third-order valence-electron chi connectivity index (χ3n) is 5.62. The number of carbonyl (C=O) groups is 1. The van der Waals surface area contributed by atoms with Gasteiger partial charge >= 0.3 is 0 Å². The molecule has 2 aromatic carbocycles. The molecule has 1 unspecified atom stereocenters. The van der Waals surface area contributed by atoms with Crippen LogP contribution in [-0.2, 0) is 21.4 Å². The molecule has 2 aromatic rings. The van der Waals surface area contributed by atoms with Crippen LogP contribution >= 0.6 is 0 Å². The Morgan fingerprint density at radius 3 is 2.50 bits per heavy atom. The summed E-state index contributed by atoms with van der Waals surface area (Å²) in [4.78, 5) is 13.2. The van der Waals surface area contributed by atoms with Crippen LogP contribution in [0.5, 0.6) is 0 Å². The molecule has 0 aromatic heterocycles. The van der Waals surface area contributed by atoms with E-state index in [1.54, 1.807) is 12.1 Å². The minimum Gasteiger partial charge on any atom is -0.352 e. The summed E-state index contributed by atoms with van der Waals surface area (Å²) < 4.78 is 27.7. The minimum absolute atomic E-state index is 0.101. The highest BCUT2D eigenvalue weighted by atomic mass is 32.2. The van der Waals surface area contributed by atoms with Crippen molar-refractivity contribution in [3.8, 4) is 0 Å². The van der Waals surface area contributed by atoms with Crippen LogP contribution < -0.4 is 5.32 Å². The van der Waals surface area contributed by atoms with Crippen molar-refractivity contribution in [3.05, 3.63) is 65.2 Å². The lowest BCUT2D eigenvalue weighted by atomic mass is 9.82. The van der Waals surface area contributed by atoms with Gasteiger partial charge in [-0.3, -0.25) is 4.79 Å². The second kappa shape index (κ2) is 8.05. The predicted octanol–water partition coefficient (Wildman–Crippen LogP) is 3.41. The number of piperidine rings is 1. The zero-order valence-electron chi connectivity index (χ0n) is 16.7. The summed E-state index contributed by atoms with van der Waals surface area (Å²) in [6, 6.07) is 14.9. The Bertz CT molecular complexity index is 957. The Morgan fingerprint density at radius 1 is 1.11 bits per heavy atom. The number of hydrogen-bond donors (Lipinski definition) is 1. The van der Waals surface area contributed by atoms with Gasteiger partial charge in [0.1, 0.15) is 0 Å². The Hall–Kier alpha value is -2.18. The molecule has 1 fully saturated rings. The van der Waals surface area contributed by atoms with Gasteiger partial charge in [0, 0.05) is 19.6 Å². The first-order chi connectivity index (χ1) is 13.2. The van der Waals surface area contributed by atoms with Gasteiger partial charge in [0.2, 0.25) is 15.9 Å². The lowest BCUT2D eigenvalue weighted by Crippen LogP contribution is -2.51. The Labute approximate surface area is 167 Å². The standard InChI is InChI=1S/C22H28N2O3S/c1-17-10-11-20(14-18(17)2)28(26,27)24-13-7-12-22(3,16-24)21(25)23-15-19-8-5-4-6-9-19/h4-6,8-11,14H,7,12-13,15-16H2,1-3H3,(H,23,25). The van der Waals surface area contributed by atoms with Gasteiger partial charge in [0.25, 0.3) is 0 Å². The van der Waals surface area contributed by atoms with Crippen molar-refractivity contribution < 1.29 is 13.2 Å². The van der Waals surface area contributed by atoms with Crippen molar-refractivity contribution >= 4 is 15.9 Å². The monoisotopic (exact) mass is 400 g/mol. The third-order valence-corrected chi connectivity index (χ3v) is 7.46. The smallest absolute Gasteiger partial charge is 0.243 e. The van der Waals surface area contributed by atoms with Crippen molar-refractivity contribution in [2.75, 3.05) is 13.1 Å². The molecule has 1 atom stereocenters. The van der Waals surface area contributed by atoms with E-state index < -0.39 is 15.4 Å². The summed E-state index contributed by atoms with van der Waals surface area (Å²) in [5.74, 6) is -0.101. The van der Waals surface area contributed by atoms with Crippen LogP contribution in [0.2, 0.25) is 0 Å². The van der Waals surface area contributed by atoms with E-state index >= 15 is 0 Å². The van der Waals surface area contributed by atoms with Gasteiger partial charge in [0.15, 0.2) is 0 Å². The van der Waals surface area contributed by atoms with E-state index in [4.69, 9.17) is 0 Å². The first kappa shape index (κ1) is 20.6. The summed E-state index contributed by atoms with van der Waals surface area (Å²) >= 11 is 0. The molecule has 1 heterocycles. The number of hydrogen-bond acceptors (Lipinski definition) is 3. The van der Waals surface area contributed by atoms with E-state index in [0.29, 0.717) is 30.8 Å². The molecular formula is C22H28N2O3S. The van der Waals surface area contributed by atoms with Gasteiger partial charge < -0.3 is 5.32 Å². The maximum absolute atomic E-state index is 13.1. The largest absolute Gasteiger partial charge is 0.352 e. The van der Waals surface area contributed by atoms with Crippen molar-refractivity contribution in [1.29, 1.82) is 0 Å². The zero-order valence-corrected chi connectivity index (χ0v) is 17.6. The van der Waals surface area contributed by atoms with Crippen LogP contribution in [0.25, 0.3) is 0 Å². The molecule has 5 nitrogen and oxygen atoms in total. The molecule has 150 valence electrons. The maximum Gasteiger partial charge on any atom is 0.243 e. The van der Waals surface area contributed by atoms with E-state index in [2.05, 4.69) is 5.32 Å². The quantitative estimate of drug-likeness (QED) is 0.836. The van der Waals surface area contributed by atoms with E-state index in [9.17, 15) is 13.2 Å². The van der Waals surface area contributed by atoms with Crippen molar-refractivity contribution in [2.45, 2.75) is 45.1 Å². The summed E-state index contributed by atoms with van der Waals surface area (Å²) in [6.07, 6.45) is 1.34. The van der Waals surface area contributed by atoms with E-state index in [1.165, 1.54) is 4.31 Å². The number of aryl methyl sites for hydroxylation is 2. The molecule has 1 N–H and O–H groups in total. The van der Waals surface area contributed by atoms with Gasteiger partial charge in [-0.1, -0.05) is 36.4 Å². The van der Waals surface area contributed by atoms with E-state index in [1.807, 2.05) is 57.2 Å². The fourth-order valence-electron chi connectivity index (χ4n) is 3.60. The Morgan fingerprint density at radius 2 is 1.82 bits per heavy atom. The normalized spacial score (nSPS) is 20.7. The summed E-state index contributed by atoms with van der Waals surface area (Å²) in [7, 11) is -3.62. The molecule has 0 bridgehead atoms. The molecule has 28 heavy (non-hydrogen) atoms. The van der Waals surface area contributed by atoms with E-state index in [0.717, 1.165) is 16.7 Å². The number of sulfonamides is 1. The van der Waals surface area contributed by atoms with Gasteiger partial charge in [-0.15, -0.1) is 0 Å². The number of nitrogens with zero attached hydrogens (tertiary/aromatic N) is 1. The fraction of sp³-hybridized carbons (Fsp3) is 0.409. The van der Waals surface area contributed by atoms with Gasteiger partial charge in [-0.25, -0.2) is 8.42 Å². The van der Waals surface area contributed by atoms with Gasteiger partial charge in [-0.2, -0.15) is 4.31 Å². The third kappa shape index (κ3) is 4.28. The highest BCUT2D eigenvalue weighted by molar-refractivity contribution is 7.89. The molecule has 0 radical (unpaired) electrons. The number of nitrogens with one attached hydrogen (secondary N) is 1. The number of amides is 1. The Kier molecular flexibility index (Phi) is 5.91. The van der Waals surface area contributed by atoms with Gasteiger partial charge in [-0.05, 0) is 62.4 Å². The first-order valence-corrected chi connectivity index (χ1v) is 11.1. The van der Waals surface area contributed by atoms with Crippen LogP contribution in [0, 0.1) is 19.3 Å². The lowest BCUT2D eigenvalue weighted by Gasteiger charge is -2.38. The van der Waals surface area contributed by atoms with Crippen molar-refractivity contribution in [3.63, 3.8) is 0 Å². The van der Waals surface area contributed by atoms with E-state index in [-0.39, 0.29) is 12.5 Å². The molecule has 0 spiro atoms. The first-order valence-electron chi connectivity index (χ1n) is 9.62. The molecule has 3 rings (SSSR count). The average molecular weight is 401 g/mol. The summed E-state index contributed by atoms with van der Waals surface area (Å²) in [5, 5.41) is 2.98. The second-order valence-corrected chi connectivity index (χ2v) is 9.86. The molecule has 1 aliphatic heterocycles. The van der Waals surface area contributed by atoms with Crippen LogP contribution in [-0.4, -0.2) is 31.7 Å².